The second-order valence-corrected chi connectivity index (χ2v) is 3.88. The van der Waals surface area contributed by atoms with Crippen molar-refractivity contribution in [1.29, 1.82) is 0 Å². The van der Waals surface area contributed by atoms with Gasteiger partial charge in [-0.3, -0.25) is 4.79 Å². The molecule has 0 aliphatic rings. The van der Waals surface area contributed by atoms with Crippen LogP contribution in [0.4, 0.5) is 10.1 Å². The summed E-state index contributed by atoms with van der Waals surface area (Å²) in [6, 6.07) is 2.42. The van der Waals surface area contributed by atoms with E-state index in [2.05, 4.69) is 5.32 Å². The van der Waals surface area contributed by atoms with Crippen LogP contribution in [0.3, 0.4) is 0 Å². The van der Waals surface area contributed by atoms with Crippen LogP contribution in [0.15, 0.2) is 18.2 Å². The highest BCUT2D eigenvalue weighted by molar-refractivity contribution is 6.02. The zero-order valence-electron chi connectivity index (χ0n) is 9.94. The van der Waals surface area contributed by atoms with Crippen LogP contribution in [0.25, 0.3) is 0 Å². The number of aromatic carboxylic acids is 1. The number of hydrogen-bond donors (Lipinski definition) is 3. The average molecular weight is 254 g/mol. The number of carboxylic acid groups (broad SMARTS) is 1. The average Bonchev–Trinajstić information content (AvgIpc) is 2.31. The van der Waals surface area contributed by atoms with Gasteiger partial charge in [-0.15, -0.1) is 0 Å². The fraction of sp³-hybridized carbons (Fsp3) is 0.333. The number of rotatable bonds is 5. The first kappa shape index (κ1) is 14.1. The van der Waals surface area contributed by atoms with Gasteiger partial charge in [-0.05, 0) is 24.6 Å². The van der Waals surface area contributed by atoms with Crippen molar-refractivity contribution in [3.63, 3.8) is 0 Å². The maximum Gasteiger partial charge on any atom is 0.337 e. The van der Waals surface area contributed by atoms with Gasteiger partial charge in [-0.1, -0.05) is 13.3 Å². The molecule has 0 unspecified atom stereocenters. The van der Waals surface area contributed by atoms with Crippen molar-refractivity contribution in [3.8, 4) is 0 Å². The van der Waals surface area contributed by atoms with Crippen molar-refractivity contribution in [3.05, 3.63) is 29.6 Å². The molecule has 0 radical (unpaired) electrons. The Morgan fingerprint density at radius 3 is 2.72 bits per heavy atom. The predicted octanol–water partition coefficient (Wildman–Crippen LogP) is 1.59. The number of carbonyl (C=O) groups excluding carboxylic acids is 1. The minimum atomic E-state index is -1.31. The van der Waals surface area contributed by atoms with E-state index in [1.165, 1.54) is 6.07 Å². The fourth-order valence-corrected chi connectivity index (χ4v) is 1.47. The second kappa shape index (κ2) is 6.11. The lowest BCUT2D eigenvalue weighted by atomic mass is 10.1. The third-order valence-electron chi connectivity index (χ3n) is 2.41. The van der Waals surface area contributed by atoms with Crippen molar-refractivity contribution < 1.29 is 19.1 Å². The van der Waals surface area contributed by atoms with Crippen molar-refractivity contribution in [1.82, 2.24) is 0 Å². The van der Waals surface area contributed by atoms with Crippen LogP contribution >= 0.6 is 0 Å². The zero-order valence-corrected chi connectivity index (χ0v) is 9.94. The maximum atomic E-state index is 12.9. The molecule has 0 spiro atoms. The van der Waals surface area contributed by atoms with E-state index in [0.717, 1.165) is 18.6 Å². The molecule has 1 aromatic rings. The van der Waals surface area contributed by atoms with E-state index in [4.69, 9.17) is 10.8 Å². The van der Waals surface area contributed by atoms with Crippen LogP contribution < -0.4 is 11.1 Å². The summed E-state index contributed by atoms with van der Waals surface area (Å²) in [7, 11) is 0. The summed E-state index contributed by atoms with van der Waals surface area (Å²) in [4.78, 5) is 22.5. The zero-order chi connectivity index (χ0) is 13.7. The van der Waals surface area contributed by atoms with Gasteiger partial charge in [0.1, 0.15) is 5.82 Å². The number of halogens is 1. The van der Waals surface area contributed by atoms with Gasteiger partial charge < -0.3 is 16.2 Å². The highest BCUT2D eigenvalue weighted by Gasteiger charge is 2.17. The number of anilines is 1. The Kier molecular flexibility index (Phi) is 4.79. The molecule has 0 fully saturated rings. The molecule has 0 aliphatic heterocycles. The first-order valence-electron chi connectivity index (χ1n) is 5.55. The minimum absolute atomic E-state index is 0.0421. The smallest absolute Gasteiger partial charge is 0.337 e. The van der Waals surface area contributed by atoms with Gasteiger partial charge in [0.25, 0.3) is 0 Å². The maximum absolute atomic E-state index is 12.9. The van der Waals surface area contributed by atoms with E-state index in [9.17, 15) is 14.0 Å². The SMILES string of the molecule is CCC[C@H](N)C(=O)Nc1ccc(F)cc1C(=O)O. The van der Waals surface area contributed by atoms with Gasteiger partial charge in [0, 0.05) is 0 Å². The van der Waals surface area contributed by atoms with Gasteiger partial charge in [-0.2, -0.15) is 0 Å². The van der Waals surface area contributed by atoms with E-state index in [-0.39, 0.29) is 11.3 Å². The van der Waals surface area contributed by atoms with Gasteiger partial charge in [-0.25, -0.2) is 9.18 Å². The third kappa shape index (κ3) is 3.53. The van der Waals surface area contributed by atoms with Crippen LogP contribution in [0.1, 0.15) is 30.1 Å². The molecule has 98 valence electrons. The first-order chi connectivity index (χ1) is 8.45. The molecule has 0 aromatic heterocycles. The monoisotopic (exact) mass is 254 g/mol. The van der Waals surface area contributed by atoms with Crippen LogP contribution in [0, 0.1) is 5.82 Å². The summed E-state index contributed by atoms with van der Waals surface area (Å²) in [5, 5.41) is 11.3. The Morgan fingerprint density at radius 1 is 1.50 bits per heavy atom. The van der Waals surface area contributed by atoms with Gasteiger partial charge >= 0.3 is 5.97 Å². The second-order valence-electron chi connectivity index (χ2n) is 3.88. The minimum Gasteiger partial charge on any atom is -0.478 e. The lowest BCUT2D eigenvalue weighted by Crippen LogP contribution is -2.35. The molecule has 18 heavy (non-hydrogen) atoms. The largest absolute Gasteiger partial charge is 0.478 e. The van der Waals surface area contributed by atoms with Crippen LogP contribution in [0.2, 0.25) is 0 Å². The number of hydrogen-bond acceptors (Lipinski definition) is 3. The van der Waals surface area contributed by atoms with Crippen LogP contribution in [0.5, 0.6) is 0 Å². The molecule has 1 atom stereocenters. The topological polar surface area (TPSA) is 92.4 Å². The number of nitrogens with two attached hydrogens (primary N) is 1. The molecule has 1 rings (SSSR count). The predicted molar refractivity (Wildman–Crippen MR) is 64.9 cm³/mol. The standard InChI is InChI=1S/C12H15FN2O3/c1-2-3-9(14)11(16)15-10-5-4-7(13)6-8(10)12(17)18/h4-6,9H,2-3,14H2,1H3,(H,15,16)(H,17,18)/t9-/m0/s1. The Bertz CT molecular complexity index is 463. The van der Waals surface area contributed by atoms with Crippen molar-refractivity contribution in [2.75, 3.05) is 5.32 Å². The summed E-state index contributed by atoms with van der Waals surface area (Å²) in [6.45, 7) is 1.88. The van der Waals surface area contributed by atoms with Gasteiger partial charge in [0.15, 0.2) is 0 Å². The van der Waals surface area contributed by atoms with E-state index in [1.54, 1.807) is 0 Å². The number of benzene rings is 1. The number of nitrogens with one attached hydrogen (secondary N) is 1. The lowest BCUT2D eigenvalue weighted by molar-refractivity contribution is -0.117. The van der Waals surface area contributed by atoms with Crippen molar-refractivity contribution >= 4 is 17.6 Å². The molecular formula is C12H15FN2O3. The Hall–Kier alpha value is -1.95. The molecular weight excluding hydrogens is 239 g/mol. The highest BCUT2D eigenvalue weighted by atomic mass is 19.1. The fourth-order valence-electron chi connectivity index (χ4n) is 1.47. The summed E-state index contributed by atoms with van der Waals surface area (Å²) in [6.07, 6.45) is 1.24. The quantitative estimate of drug-likeness (QED) is 0.744. The molecule has 0 aliphatic carbocycles. The molecule has 0 heterocycles. The lowest BCUT2D eigenvalue weighted by Gasteiger charge is -2.12. The summed E-state index contributed by atoms with van der Waals surface area (Å²) in [5.74, 6) is -2.47. The molecule has 0 bridgehead atoms. The van der Waals surface area contributed by atoms with E-state index in [0.29, 0.717) is 6.42 Å². The normalized spacial score (nSPS) is 11.9. The number of carboxylic acids is 1. The number of carbonyl (C=O) groups is 2. The van der Waals surface area contributed by atoms with Crippen LogP contribution in [-0.4, -0.2) is 23.0 Å². The molecule has 0 saturated heterocycles. The Labute approximate surface area is 104 Å². The molecule has 5 nitrogen and oxygen atoms in total. The van der Waals surface area contributed by atoms with Crippen molar-refractivity contribution in [2.24, 2.45) is 5.73 Å². The Morgan fingerprint density at radius 2 is 2.17 bits per heavy atom. The molecule has 6 heteroatoms. The van der Waals surface area contributed by atoms with Gasteiger partial charge in [0.05, 0.1) is 17.3 Å². The number of amides is 1. The van der Waals surface area contributed by atoms with Crippen molar-refractivity contribution in [2.45, 2.75) is 25.8 Å². The summed E-state index contributed by atoms with van der Waals surface area (Å²) in [5.41, 5.74) is 5.34. The first-order valence-corrected chi connectivity index (χ1v) is 5.55. The highest BCUT2D eigenvalue weighted by Crippen LogP contribution is 2.17. The van der Waals surface area contributed by atoms with E-state index < -0.39 is 23.7 Å². The Balaban J connectivity index is 2.90. The molecule has 1 aromatic carbocycles. The summed E-state index contributed by atoms with van der Waals surface area (Å²) >= 11 is 0. The summed E-state index contributed by atoms with van der Waals surface area (Å²) < 4.78 is 12.9. The molecule has 4 N–H and O–H groups in total. The third-order valence-corrected chi connectivity index (χ3v) is 2.41. The molecule has 0 saturated carbocycles. The van der Waals surface area contributed by atoms with Crippen LogP contribution in [-0.2, 0) is 4.79 Å². The van der Waals surface area contributed by atoms with E-state index >= 15 is 0 Å². The van der Waals surface area contributed by atoms with Gasteiger partial charge in [0.2, 0.25) is 5.91 Å². The molecule has 1 amide bonds. The van der Waals surface area contributed by atoms with E-state index in [1.807, 2.05) is 6.92 Å².